The summed E-state index contributed by atoms with van der Waals surface area (Å²) in [5.74, 6) is 2.86. The molecule has 2 aromatic heterocycles. The molecule has 0 radical (unpaired) electrons. The van der Waals surface area contributed by atoms with E-state index < -0.39 is 0 Å². The topological polar surface area (TPSA) is 73.4 Å². The molecule has 0 bridgehead atoms. The van der Waals surface area contributed by atoms with Gasteiger partial charge < -0.3 is 14.1 Å². The number of nitrogens with zero attached hydrogens (tertiary/aromatic N) is 4. The van der Waals surface area contributed by atoms with Gasteiger partial charge in [0.05, 0.1) is 18.6 Å². The molecule has 1 aliphatic heterocycles. The first-order chi connectivity index (χ1) is 15.6. The van der Waals surface area contributed by atoms with Crippen molar-refractivity contribution < 1.29 is 13.9 Å². The van der Waals surface area contributed by atoms with Gasteiger partial charge in [-0.2, -0.15) is 0 Å². The Morgan fingerprint density at radius 3 is 2.66 bits per heavy atom. The minimum Gasteiger partial charge on any atom is -0.485 e. The van der Waals surface area contributed by atoms with E-state index in [4.69, 9.17) is 9.15 Å². The monoisotopic (exact) mass is 454 g/mol. The molecule has 1 amide bonds. The summed E-state index contributed by atoms with van der Waals surface area (Å²) < 4.78 is 13.6. The molecule has 8 heteroatoms. The molecule has 0 unspecified atom stereocenters. The molecular weight excluding hydrogens is 424 g/mol. The van der Waals surface area contributed by atoms with Crippen LogP contribution in [0, 0.1) is 13.8 Å². The lowest BCUT2D eigenvalue weighted by molar-refractivity contribution is -0.128. The summed E-state index contributed by atoms with van der Waals surface area (Å²) in [4.78, 5) is 14.7. The number of furan rings is 1. The molecule has 1 aromatic carbocycles. The van der Waals surface area contributed by atoms with E-state index in [0.717, 1.165) is 43.0 Å². The van der Waals surface area contributed by atoms with Crippen molar-refractivity contribution in [1.82, 2.24) is 19.7 Å². The summed E-state index contributed by atoms with van der Waals surface area (Å²) in [5.41, 5.74) is 2.30. The van der Waals surface area contributed by atoms with Crippen LogP contribution in [0.3, 0.4) is 0 Å². The third-order valence-corrected chi connectivity index (χ3v) is 6.83. The van der Waals surface area contributed by atoms with Gasteiger partial charge in [0.2, 0.25) is 5.91 Å². The molecule has 0 N–H and O–H groups in total. The van der Waals surface area contributed by atoms with Crippen LogP contribution in [0.2, 0.25) is 0 Å². The molecule has 0 saturated carbocycles. The number of carbonyl (C=O) groups is 1. The highest BCUT2D eigenvalue weighted by Gasteiger charge is 2.20. The SMILES string of the molecule is Cc1cccc(OCc2nnc(SCC(=O)N3CCCCCC3)n2Cc2ccco2)c1C. The van der Waals surface area contributed by atoms with Crippen LogP contribution in [-0.4, -0.2) is 44.4 Å². The highest BCUT2D eigenvalue weighted by atomic mass is 32.2. The van der Waals surface area contributed by atoms with Crippen LogP contribution in [0.15, 0.2) is 46.2 Å². The minimum absolute atomic E-state index is 0.164. The quantitative estimate of drug-likeness (QED) is 0.463. The second-order valence-electron chi connectivity index (χ2n) is 8.13. The van der Waals surface area contributed by atoms with Gasteiger partial charge in [-0.1, -0.05) is 36.7 Å². The normalized spacial score (nSPS) is 14.4. The molecule has 0 atom stereocenters. The van der Waals surface area contributed by atoms with Crippen LogP contribution in [0.1, 0.15) is 48.4 Å². The van der Waals surface area contributed by atoms with Gasteiger partial charge in [-0.15, -0.1) is 10.2 Å². The molecule has 4 rings (SSSR count). The zero-order valence-electron chi connectivity index (χ0n) is 18.7. The maximum atomic E-state index is 12.7. The smallest absolute Gasteiger partial charge is 0.233 e. The number of hydrogen-bond acceptors (Lipinski definition) is 6. The Bertz CT molecular complexity index is 1020. The third-order valence-electron chi connectivity index (χ3n) is 5.88. The number of thioether (sulfide) groups is 1. The third kappa shape index (κ3) is 5.54. The van der Waals surface area contributed by atoms with Crippen LogP contribution >= 0.6 is 11.8 Å². The Morgan fingerprint density at radius 2 is 1.91 bits per heavy atom. The molecule has 0 spiro atoms. The van der Waals surface area contributed by atoms with Crippen molar-refractivity contribution in [2.45, 2.75) is 57.8 Å². The summed E-state index contributed by atoms with van der Waals surface area (Å²) in [6.07, 6.45) is 6.24. The van der Waals surface area contributed by atoms with E-state index in [0.29, 0.717) is 29.9 Å². The summed E-state index contributed by atoms with van der Waals surface area (Å²) in [6.45, 7) is 6.61. The molecule has 7 nitrogen and oxygen atoms in total. The van der Waals surface area contributed by atoms with Gasteiger partial charge in [-0.3, -0.25) is 9.36 Å². The molecule has 3 aromatic rings. The number of aryl methyl sites for hydroxylation is 1. The van der Waals surface area contributed by atoms with Crippen LogP contribution in [-0.2, 0) is 17.9 Å². The fraction of sp³-hybridized carbons (Fsp3) is 0.458. The first-order valence-electron chi connectivity index (χ1n) is 11.2. The minimum atomic E-state index is 0.164. The van der Waals surface area contributed by atoms with E-state index in [9.17, 15) is 4.79 Å². The number of benzene rings is 1. The Labute approximate surface area is 193 Å². The van der Waals surface area contributed by atoms with Gasteiger partial charge in [-0.05, 0) is 56.0 Å². The lowest BCUT2D eigenvalue weighted by Gasteiger charge is -2.19. The predicted octanol–water partition coefficient (Wildman–Crippen LogP) is 4.61. The Kier molecular flexibility index (Phi) is 7.52. The lowest BCUT2D eigenvalue weighted by atomic mass is 10.1. The lowest BCUT2D eigenvalue weighted by Crippen LogP contribution is -2.33. The second kappa shape index (κ2) is 10.7. The van der Waals surface area contributed by atoms with E-state index in [1.165, 1.54) is 30.2 Å². The maximum Gasteiger partial charge on any atom is 0.233 e. The zero-order valence-corrected chi connectivity index (χ0v) is 19.6. The van der Waals surface area contributed by atoms with E-state index in [1.807, 2.05) is 40.7 Å². The van der Waals surface area contributed by atoms with Crippen molar-refractivity contribution in [3.63, 3.8) is 0 Å². The van der Waals surface area contributed by atoms with Crippen molar-refractivity contribution in [3.05, 3.63) is 59.3 Å². The summed E-state index contributed by atoms with van der Waals surface area (Å²) in [6, 6.07) is 9.80. The molecule has 170 valence electrons. The first kappa shape index (κ1) is 22.5. The van der Waals surface area contributed by atoms with E-state index >= 15 is 0 Å². The van der Waals surface area contributed by atoms with E-state index in [1.54, 1.807) is 6.26 Å². The van der Waals surface area contributed by atoms with E-state index in [2.05, 4.69) is 23.2 Å². The van der Waals surface area contributed by atoms with Gasteiger partial charge in [0.15, 0.2) is 11.0 Å². The Morgan fingerprint density at radius 1 is 1.09 bits per heavy atom. The van der Waals surface area contributed by atoms with Gasteiger partial charge in [0.1, 0.15) is 18.1 Å². The highest BCUT2D eigenvalue weighted by molar-refractivity contribution is 7.99. The second-order valence-corrected chi connectivity index (χ2v) is 9.08. The van der Waals surface area contributed by atoms with Gasteiger partial charge in [0, 0.05) is 13.1 Å². The van der Waals surface area contributed by atoms with Crippen molar-refractivity contribution in [2.75, 3.05) is 18.8 Å². The number of amides is 1. The van der Waals surface area contributed by atoms with Crippen LogP contribution in [0.5, 0.6) is 5.75 Å². The number of rotatable bonds is 8. The number of aromatic nitrogens is 3. The van der Waals surface area contributed by atoms with Gasteiger partial charge >= 0.3 is 0 Å². The van der Waals surface area contributed by atoms with Crippen LogP contribution in [0.25, 0.3) is 0 Å². The van der Waals surface area contributed by atoms with Crippen molar-refractivity contribution in [1.29, 1.82) is 0 Å². The first-order valence-corrected chi connectivity index (χ1v) is 12.1. The van der Waals surface area contributed by atoms with Crippen LogP contribution in [0.4, 0.5) is 0 Å². The molecular formula is C24H30N4O3S. The van der Waals surface area contributed by atoms with Crippen molar-refractivity contribution >= 4 is 17.7 Å². The fourth-order valence-electron chi connectivity index (χ4n) is 3.81. The number of ether oxygens (including phenoxy) is 1. The maximum absolute atomic E-state index is 12.7. The summed E-state index contributed by atoms with van der Waals surface area (Å²) in [5, 5.41) is 9.44. The number of hydrogen-bond donors (Lipinski definition) is 0. The Hall–Kier alpha value is -2.74. The van der Waals surface area contributed by atoms with Crippen LogP contribution < -0.4 is 4.74 Å². The number of likely N-dealkylation sites (tertiary alicyclic amines) is 1. The standard InChI is InChI=1S/C24H30N4O3S/c1-18-9-7-11-21(19(18)2)31-16-22-25-26-24(28(22)15-20-10-8-14-30-20)32-17-23(29)27-12-5-3-4-6-13-27/h7-11,14H,3-6,12-13,15-17H2,1-2H3. The molecule has 32 heavy (non-hydrogen) atoms. The zero-order chi connectivity index (χ0) is 22.3. The van der Waals surface area contributed by atoms with Crippen molar-refractivity contribution in [2.24, 2.45) is 0 Å². The van der Waals surface area contributed by atoms with Gasteiger partial charge in [0.25, 0.3) is 0 Å². The van der Waals surface area contributed by atoms with Gasteiger partial charge in [-0.25, -0.2) is 0 Å². The highest BCUT2D eigenvalue weighted by Crippen LogP contribution is 2.24. The molecule has 0 aliphatic carbocycles. The van der Waals surface area contributed by atoms with Crippen molar-refractivity contribution in [3.8, 4) is 5.75 Å². The summed E-state index contributed by atoms with van der Waals surface area (Å²) >= 11 is 1.43. The Balaban J connectivity index is 1.47. The number of carbonyl (C=O) groups excluding carboxylic acids is 1. The molecule has 1 aliphatic rings. The van der Waals surface area contributed by atoms with E-state index in [-0.39, 0.29) is 5.91 Å². The average Bonchev–Trinajstić information content (AvgIpc) is 3.35. The molecule has 1 saturated heterocycles. The average molecular weight is 455 g/mol. The molecule has 3 heterocycles. The molecule has 1 fully saturated rings. The fourth-order valence-corrected chi connectivity index (χ4v) is 4.67. The predicted molar refractivity (Wildman–Crippen MR) is 124 cm³/mol. The largest absolute Gasteiger partial charge is 0.485 e. The summed E-state index contributed by atoms with van der Waals surface area (Å²) in [7, 11) is 0.